The number of fused-ring (bicyclic) bond motifs is 4. The van der Waals surface area contributed by atoms with Gasteiger partial charge in [-0.3, -0.25) is 9.88 Å². The highest BCUT2D eigenvalue weighted by Crippen LogP contribution is 2.42. The van der Waals surface area contributed by atoms with Crippen LogP contribution in [0.1, 0.15) is 44.8 Å². The Morgan fingerprint density at radius 1 is 1.37 bits per heavy atom. The number of ether oxygens (including phenoxy) is 1. The van der Waals surface area contributed by atoms with Crippen molar-refractivity contribution in [1.29, 1.82) is 0 Å². The first-order valence-electron chi connectivity index (χ1n) is 11.0. The molecule has 0 saturated carbocycles. The summed E-state index contributed by atoms with van der Waals surface area (Å²) in [6, 6.07) is 7.96. The first-order chi connectivity index (χ1) is 14.5. The van der Waals surface area contributed by atoms with E-state index in [-0.39, 0.29) is 6.04 Å². The molecule has 3 saturated heterocycles. The third-order valence-corrected chi connectivity index (χ3v) is 6.96. The van der Waals surface area contributed by atoms with Crippen LogP contribution in [0.5, 0.6) is 5.75 Å². The molecule has 1 N–H and O–H groups in total. The molecule has 5 rings (SSSR count). The standard InChI is InChI=1S/C20H24N2O2.C5H11Br/c1-3-13-12-22-9-7-14(13)10-19(22)20(23)16-6-8-21-18-5-4-15(24-2)11-17(16)18;1-5(2)3-4-6/h3-6,8,11,13-14,19-20,23H,1,7,9-10,12H2,2H3;5H,3-4H2,1-2H3/t13-,14-,19-,20+;/m0./s1. The second kappa shape index (κ2) is 10.7. The van der Waals surface area contributed by atoms with Crippen LogP contribution in [0.25, 0.3) is 10.9 Å². The van der Waals surface area contributed by atoms with Gasteiger partial charge in [0.05, 0.1) is 18.7 Å². The maximum atomic E-state index is 11.2. The average Bonchev–Trinajstić information content (AvgIpc) is 2.78. The molecule has 3 aliphatic rings. The minimum Gasteiger partial charge on any atom is -0.497 e. The van der Waals surface area contributed by atoms with Crippen molar-refractivity contribution in [1.82, 2.24) is 9.88 Å². The molecule has 5 heteroatoms. The number of aromatic nitrogens is 1. The number of piperidine rings is 3. The minimum atomic E-state index is -0.504. The van der Waals surface area contributed by atoms with Gasteiger partial charge in [-0.05, 0) is 73.4 Å². The van der Waals surface area contributed by atoms with Crippen molar-refractivity contribution < 1.29 is 9.84 Å². The third-order valence-electron chi connectivity index (χ3n) is 6.51. The van der Waals surface area contributed by atoms with Gasteiger partial charge in [0.25, 0.3) is 0 Å². The summed E-state index contributed by atoms with van der Waals surface area (Å²) in [7, 11) is 1.66. The Labute approximate surface area is 189 Å². The van der Waals surface area contributed by atoms with Crippen molar-refractivity contribution in [2.75, 3.05) is 25.5 Å². The van der Waals surface area contributed by atoms with Gasteiger partial charge in [0, 0.05) is 29.5 Å². The zero-order valence-corrected chi connectivity index (χ0v) is 20.0. The molecule has 5 atom stereocenters. The summed E-state index contributed by atoms with van der Waals surface area (Å²) in [6.07, 6.45) is 6.91. The van der Waals surface area contributed by atoms with Gasteiger partial charge in [-0.25, -0.2) is 0 Å². The van der Waals surface area contributed by atoms with Gasteiger partial charge < -0.3 is 9.84 Å². The Balaban J connectivity index is 0.000000377. The average molecular weight is 475 g/mol. The summed E-state index contributed by atoms with van der Waals surface area (Å²) in [5, 5.41) is 13.3. The number of benzene rings is 1. The smallest absolute Gasteiger partial charge is 0.119 e. The van der Waals surface area contributed by atoms with Gasteiger partial charge in [0.2, 0.25) is 0 Å². The van der Waals surface area contributed by atoms with E-state index in [2.05, 4.69) is 52.3 Å². The van der Waals surface area contributed by atoms with E-state index < -0.39 is 6.10 Å². The van der Waals surface area contributed by atoms with Gasteiger partial charge in [0.15, 0.2) is 0 Å². The third kappa shape index (κ3) is 5.24. The lowest BCUT2D eigenvalue weighted by molar-refractivity contribution is -0.0444. The Hall–Kier alpha value is -1.43. The molecule has 1 aromatic carbocycles. The monoisotopic (exact) mass is 474 g/mol. The van der Waals surface area contributed by atoms with Gasteiger partial charge in [0.1, 0.15) is 5.75 Å². The van der Waals surface area contributed by atoms with Gasteiger partial charge in [-0.2, -0.15) is 0 Å². The topological polar surface area (TPSA) is 45.6 Å². The van der Waals surface area contributed by atoms with Crippen LogP contribution in [0.15, 0.2) is 43.1 Å². The van der Waals surface area contributed by atoms with Crippen molar-refractivity contribution in [2.45, 2.75) is 45.3 Å². The van der Waals surface area contributed by atoms with Crippen LogP contribution in [-0.2, 0) is 0 Å². The molecular weight excluding hydrogens is 440 g/mol. The highest BCUT2D eigenvalue weighted by molar-refractivity contribution is 9.09. The molecular formula is C25H35BrN2O2. The molecule has 3 aliphatic heterocycles. The molecule has 30 heavy (non-hydrogen) atoms. The Morgan fingerprint density at radius 3 is 2.73 bits per heavy atom. The quantitative estimate of drug-likeness (QED) is 0.436. The summed E-state index contributed by atoms with van der Waals surface area (Å²) < 4.78 is 5.35. The summed E-state index contributed by atoms with van der Waals surface area (Å²) in [4.78, 5) is 6.86. The van der Waals surface area contributed by atoms with Crippen molar-refractivity contribution in [2.24, 2.45) is 17.8 Å². The Bertz CT molecular complexity index is 841. The number of rotatable bonds is 6. The molecule has 0 spiro atoms. The summed E-state index contributed by atoms with van der Waals surface area (Å²) in [5.41, 5.74) is 1.85. The highest BCUT2D eigenvalue weighted by atomic mass is 79.9. The second-order valence-electron chi connectivity index (χ2n) is 8.85. The zero-order valence-electron chi connectivity index (χ0n) is 18.4. The maximum Gasteiger partial charge on any atom is 0.119 e. The molecule has 2 aromatic rings. The summed E-state index contributed by atoms with van der Waals surface area (Å²) >= 11 is 3.35. The lowest BCUT2D eigenvalue weighted by atomic mass is 9.73. The lowest BCUT2D eigenvalue weighted by Gasteiger charge is -2.50. The van der Waals surface area contributed by atoms with Crippen LogP contribution in [0, 0.1) is 17.8 Å². The largest absolute Gasteiger partial charge is 0.497 e. The summed E-state index contributed by atoms with van der Waals surface area (Å²) in [5.74, 6) is 2.86. The Morgan fingerprint density at radius 2 is 2.17 bits per heavy atom. The number of hydrogen-bond acceptors (Lipinski definition) is 4. The normalized spacial score (nSPS) is 26.2. The first kappa shape index (κ1) is 23.2. The number of methoxy groups -OCH3 is 1. The van der Waals surface area contributed by atoms with Crippen LogP contribution < -0.4 is 4.74 Å². The molecule has 164 valence electrons. The van der Waals surface area contributed by atoms with Crippen LogP contribution in [0.4, 0.5) is 0 Å². The molecule has 3 fully saturated rings. The van der Waals surface area contributed by atoms with Gasteiger partial charge in [-0.1, -0.05) is 35.9 Å². The predicted molar refractivity (Wildman–Crippen MR) is 128 cm³/mol. The SMILES string of the molecule is C=C[C@H]1CN2CC[C@H]1C[C@H]2[C@H](O)c1ccnc2ccc(OC)cc12.CC(C)CCBr. The maximum absolute atomic E-state index is 11.2. The lowest BCUT2D eigenvalue weighted by Crippen LogP contribution is -2.54. The number of alkyl halides is 1. The molecule has 0 radical (unpaired) electrons. The van der Waals surface area contributed by atoms with E-state index >= 15 is 0 Å². The number of aliphatic hydroxyl groups is 1. The van der Waals surface area contributed by atoms with Crippen molar-refractivity contribution in [3.63, 3.8) is 0 Å². The van der Waals surface area contributed by atoms with Crippen LogP contribution in [-0.4, -0.2) is 46.6 Å². The fourth-order valence-electron chi connectivity index (χ4n) is 4.66. The first-order valence-corrected chi connectivity index (χ1v) is 12.1. The predicted octanol–water partition coefficient (Wildman–Crippen LogP) is 5.60. The van der Waals surface area contributed by atoms with Gasteiger partial charge >= 0.3 is 0 Å². The molecule has 2 bridgehead atoms. The Kier molecular flexibility index (Phi) is 8.32. The number of pyridine rings is 1. The zero-order chi connectivity index (χ0) is 21.7. The molecule has 4 heterocycles. The molecule has 0 amide bonds. The van der Waals surface area contributed by atoms with Crippen LogP contribution >= 0.6 is 15.9 Å². The second-order valence-corrected chi connectivity index (χ2v) is 9.64. The summed E-state index contributed by atoms with van der Waals surface area (Å²) in [6.45, 7) is 10.5. The van der Waals surface area contributed by atoms with Crippen LogP contribution in [0.3, 0.4) is 0 Å². The van der Waals surface area contributed by atoms with Crippen molar-refractivity contribution in [3.05, 3.63) is 48.7 Å². The highest BCUT2D eigenvalue weighted by Gasteiger charge is 2.42. The molecule has 1 aromatic heterocycles. The number of nitrogens with zero attached hydrogens (tertiary/aromatic N) is 2. The van der Waals surface area contributed by atoms with E-state index in [1.165, 1.54) is 12.8 Å². The van der Waals surface area contributed by atoms with E-state index in [9.17, 15) is 5.11 Å². The molecule has 0 aliphatic carbocycles. The van der Waals surface area contributed by atoms with E-state index in [0.29, 0.717) is 11.8 Å². The van der Waals surface area contributed by atoms with Crippen LogP contribution in [0.2, 0.25) is 0 Å². The fraction of sp³-hybridized carbons (Fsp3) is 0.560. The minimum absolute atomic E-state index is 0.178. The van der Waals surface area contributed by atoms with Crippen molar-refractivity contribution >= 4 is 26.8 Å². The molecule has 1 unspecified atom stereocenters. The van der Waals surface area contributed by atoms with Crippen molar-refractivity contribution in [3.8, 4) is 5.75 Å². The molecule has 4 nitrogen and oxygen atoms in total. The van der Waals surface area contributed by atoms with E-state index in [4.69, 9.17) is 4.74 Å². The van der Waals surface area contributed by atoms with E-state index in [0.717, 1.165) is 53.0 Å². The van der Waals surface area contributed by atoms with Gasteiger partial charge in [-0.15, -0.1) is 6.58 Å². The van der Waals surface area contributed by atoms with E-state index in [1.807, 2.05) is 24.3 Å². The number of aliphatic hydroxyl groups excluding tert-OH is 1. The van der Waals surface area contributed by atoms with E-state index in [1.54, 1.807) is 13.3 Å². The fourth-order valence-corrected chi connectivity index (χ4v) is 5.58. The number of halogens is 1. The number of hydrogen-bond donors (Lipinski definition) is 1.